The molecule has 0 bridgehead atoms. The van der Waals surface area contributed by atoms with Gasteiger partial charge in [0.15, 0.2) is 0 Å². The Morgan fingerprint density at radius 2 is 2.25 bits per heavy atom. The zero-order valence-electron chi connectivity index (χ0n) is 10.5. The molecule has 0 unspecified atom stereocenters. The Hall–Kier alpha value is -2.49. The zero-order valence-corrected chi connectivity index (χ0v) is 11.3. The summed E-state index contributed by atoms with van der Waals surface area (Å²) in [4.78, 5) is 22.4. The Kier molecular flexibility index (Phi) is 3.94. The van der Waals surface area contributed by atoms with Crippen LogP contribution in [0.1, 0.15) is 10.4 Å². The van der Waals surface area contributed by atoms with Crippen molar-refractivity contribution in [3.63, 3.8) is 0 Å². The van der Waals surface area contributed by atoms with E-state index in [1.165, 1.54) is 23.9 Å². The lowest BCUT2D eigenvalue weighted by Gasteiger charge is -2.06. The van der Waals surface area contributed by atoms with Crippen molar-refractivity contribution in [1.82, 2.24) is 20.2 Å². The number of nitro benzene ring substituents is 1. The van der Waals surface area contributed by atoms with Crippen LogP contribution in [0.15, 0.2) is 28.3 Å². The minimum absolute atomic E-state index is 0.0923. The van der Waals surface area contributed by atoms with E-state index in [-0.39, 0.29) is 11.3 Å². The molecule has 0 N–H and O–H groups in total. The monoisotopic (exact) mass is 295 g/mol. The maximum atomic E-state index is 11.7. The molecule has 0 aliphatic rings. The third-order valence-electron chi connectivity index (χ3n) is 2.36. The zero-order chi connectivity index (χ0) is 14.7. The molecular weight excluding hydrogens is 286 g/mol. The molecule has 20 heavy (non-hydrogen) atoms. The third-order valence-corrected chi connectivity index (χ3v) is 3.47. The van der Waals surface area contributed by atoms with Crippen molar-refractivity contribution >= 4 is 23.4 Å². The van der Waals surface area contributed by atoms with Crippen molar-refractivity contribution in [3.05, 3.63) is 33.9 Å². The number of esters is 1. The second-order valence-corrected chi connectivity index (χ2v) is 4.63. The number of nitro groups is 1. The summed E-state index contributed by atoms with van der Waals surface area (Å²) in [5.74, 6) is -0.661. The number of non-ortho nitro benzene ring substituents is 1. The van der Waals surface area contributed by atoms with Crippen molar-refractivity contribution < 1.29 is 14.5 Å². The maximum Gasteiger partial charge on any atom is 0.339 e. The maximum absolute atomic E-state index is 11.7. The summed E-state index contributed by atoms with van der Waals surface area (Å²) in [7, 11) is 2.85. The molecule has 0 aliphatic heterocycles. The lowest BCUT2D eigenvalue weighted by atomic mass is 10.2. The second-order valence-electron chi connectivity index (χ2n) is 3.62. The lowest BCUT2D eigenvalue weighted by Crippen LogP contribution is -2.05. The summed E-state index contributed by atoms with van der Waals surface area (Å²) < 4.78 is 6.05. The lowest BCUT2D eigenvalue weighted by molar-refractivity contribution is -0.384. The highest BCUT2D eigenvalue weighted by Crippen LogP contribution is 2.31. The molecule has 0 radical (unpaired) electrons. The van der Waals surface area contributed by atoms with E-state index in [4.69, 9.17) is 0 Å². The van der Waals surface area contributed by atoms with Crippen molar-refractivity contribution in [2.75, 3.05) is 7.11 Å². The topological polar surface area (TPSA) is 113 Å². The predicted molar refractivity (Wildman–Crippen MR) is 67.4 cm³/mol. The molecule has 0 saturated heterocycles. The minimum Gasteiger partial charge on any atom is -0.465 e. The van der Waals surface area contributed by atoms with Gasteiger partial charge in [0.25, 0.3) is 5.69 Å². The van der Waals surface area contributed by atoms with Gasteiger partial charge in [-0.15, -0.1) is 5.10 Å². The quantitative estimate of drug-likeness (QED) is 0.467. The van der Waals surface area contributed by atoms with E-state index in [2.05, 4.69) is 20.3 Å². The van der Waals surface area contributed by atoms with E-state index >= 15 is 0 Å². The number of benzene rings is 1. The highest BCUT2D eigenvalue weighted by Gasteiger charge is 2.19. The van der Waals surface area contributed by atoms with Crippen LogP contribution in [-0.2, 0) is 11.8 Å². The first-order chi connectivity index (χ1) is 9.52. The molecule has 0 spiro atoms. The second kappa shape index (κ2) is 5.65. The minimum atomic E-state index is -0.661. The van der Waals surface area contributed by atoms with Crippen molar-refractivity contribution in [2.24, 2.45) is 7.05 Å². The Bertz CT molecular complexity index is 671. The van der Waals surface area contributed by atoms with Gasteiger partial charge in [0.05, 0.1) is 17.6 Å². The molecule has 0 fully saturated rings. The van der Waals surface area contributed by atoms with Gasteiger partial charge in [-0.3, -0.25) is 10.1 Å². The number of rotatable bonds is 4. The van der Waals surface area contributed by atoms with E-state index < -0.39 is 10.9 Å². The molecule has 2 aromatic rings. The number of ether oxygens (including phenoxy) is 1. The fourth-order valence-corrected chi connectivity index (χ4v) is 2.23. The number of hydrogen-bond acceptors (Lipinski definition) is 8. The highest BCUT2D eigenvalue weighted by atomic mass is 32.2. The van der Waals surface area contributed by atoms with Crippen LogP contribution in [0.25, 0.3) is 0 Å². The number of hydrogen-bond donors (Lipinski definition) is 0. The fourth-order valence-electron chi connectivity index (χ4n) is 1.40. The van der Waals surface area contributed by atoms with Crippen LogP contribution >= 0.6 is 11.8 Å². The molecule has 0 atom stereocenters. The molecule has 0 saturated carbocycles. The van der Waals surface area contributed by atoms with Crippen LogP contribution in [0.4, 0.5) is 5.69 Å². The molecule has 1 aromatic heterocycles. The van der Waals surface area contributed by atoms with Gasteiger partial charge in [0.1, 0.15) is 0 Å². The SMILES string of the molecule is COC(=O)c1cc([N+](=O)[O-])ccc1Sc1nnnn1C. The van der Waals surface area contributed by atoms with E-state index in [9.17, 15) is 14.9 Å². The average molecular weight is 295 g/mol. The molecule has 0 aliphatic carbocycles. The number of tetrazole rings is 1. The molecular formula is C10H9N5O4S. The Morgan fingerprint density at radius 3 is 2.80 bits per heavy atom. The fraction of sp³-hybridized carbons (Fsp3) is 0.200. The van der Waals surface area contributed by atoms with Gasteiger partial charge in [-0.2, -0.15) is 0 Å². The average Bonchev–Trinajstić information content (AvgIpc) is 2.83. The first-order valence-electron chi connectivity index (χ1n) is 5.30. The Morgan fingerprint density at radius 1 is 1.50 bits per heavy atom. The summed E-state index contributed by atoms with van der Waals surface area (Å²) in [6, 6.07) is 3.93. The third kappa shape index (κ3) is 2.74. The van der Waals surface area contributed by atoms with Crippen LogP contribution < -0.4 is 0 Å². The summed E-state index contributed by atoms with van der Waals surface area (Å²) in [6.45, 7) is 0. The molecule has 1 heterocycles. The van der Waals surface area contributed by atoms with Crippen LogP contribution in [0.5, 0.6) is 0 Å². The standard InChI is InChI=1S/C10H9N5O4S/c1-14-10(11-12-13-14)20-8-4-3-6(15(17)18)5-7(8)9(16)19-2/h3-5H,1-2H3. The number of carbonyl (C=O) groups is 1. The summed E-state index contributed by atoms with van der Waals surface area (Å²) in [6.07, 6.45) is 0. The molecule has 104 valence electrons. The Labute approximate surface area is 117 Å². The summed E-state index contributed by atoms with van der Waals surface area (Å²) in [5, 5.41) is 22.1. The first kappa shape index (κ1) is 13.9. The number of aromatic nitrogens is 4. The van der Waals surface area contributed by atoms with Crippen molar-refractivity contribution in [1.29, 1.82) is 0 Å². The normalized spacial score (nSPS) is 10.3. The van der Waals surface area contributed by atoms with Gasteiger partial charge < -0.3 is 4.74 Å². The largest absolute Gasteiger partial charge is 0.465 e. The number of aryl methyl sites for hydroxylation is 1. The van der Waals surface area contributed by atoms with Gasteiger partial charge in [0.2, 0.25) is 5.16 Å². The smallest absolute Gasteiger partial charge is 0.339 e. The van der Waals surface area contributed by atoms with Gasteiger partial charge in [-0.25, -0.2) is 9.48 Å². The van der Waals surface area contributed by atoms with E-state index in [1.54, 1.807) is 7.05 Å². The molecule has 9 nitrogen and oxygen atoms in total. The van der Waals surface area contributed by atoms with E-state index in [0.717, 1.165) is 17.8 Å². The molecule has 0 amide bonds. The molecule has 1 aromatic carbocycles. The molecule has 10 heteroatoms. The number of methoxy groups -OCH3 is 1. The molecule has 2 rings (SSSR count). The van der Waals surface area contributed by atoms with E-state index in [1.807, 2.05) is 0 Å². The Balaban J connectivity index is 2.44. The first-order valence-corrected chi connectivity index (χ1v) is 6.11. The van der Waals surface area contributed by atoms with Crippen LogP contribution in [0.2, 0.25) is 0 Å². The summed E-state index contributed by atoms with van der Waals surface area (Å²) in [5.41, 5.74) is -0.0967. The van der Waals surface area contributed by atoms with Crippen LogP contribution in [0.3, 0.4) is 0 Å². The number of carbonyl (C=O) groups excluding carboxylic acids is 1. The summed E-state index contributed by atoms with van der Waals surface area (Å²) >= 11 is 1.12. The van der Waals surface area contributed by atoms with Crippen LogP contribution in [0, 0.1) is 10.1 Å². The van der Waals surface area contributed by atoms with Gasteiger partial charge in [-0.05, 0) is 28.3 Å². The van der Waals surface area contributed by atoms with Crippen LogP contribution in [-0.4, -0.2) is 38.2 Å². The highest BCUT2D eigenvalue weighted by molar-refractivity contribution is 7.99. The predicted octanol–water partition coefficient (Wildman–Crippen LogP) is 1.06. The van der Waals surface area contributed by atoms with Gasteiger partial charge >= 0.3 is 5.97 Å². The van der Waals surface area contributed by atoms with E-state index in [0.29, 0.717) is 10.1 Å². The van der Waals surface area contributed by atoms with Gasteiger partial charge in [-0.1, -0.05) is 0 Å². The van der Waals surface area contributed by atoms with Crippen molar-refractivity contribution in [3.8, 4) is 0 Å². The number of nitrogens with zero attached hydrogens (tertiary/aromatic N) is 5. The van der Waals surface area contributed by atoms with Gasteiger partial charge in [0, 0.05) is 24.1 Å². The van der Waals surface area contributed by atoms with Crippen molar-refractivity contribution in [2.45, 2.75) is 10.1 Å².